The second-order valence-corrected chi connectivity index (χ2v) is 4.77. The van der Waals surface area contributed by atoms with Crippen molar-refractivity contribution >= 4 is 5.91 Å². The molecule has 2 nitrogen and oxygen atoms in total. The van der Waals surface area contributed by atoms with Crippen molar-refractivity contribution in [3.8, 4) is 0 Å². The molecule has 0 heterocycles. The van der Waals surface area contributed by atoms with Gasteiger partial charge in [-0.15, -0.1) is 0 Å². The van der Waals surface area contributed by atoms with Crippen molar-refractivity contribution < 1.29 is 9.18 Å². The van der Waals surface area contributed by atoms with Crippen LogP contribution in [-0.4, -0.2) is 5.91 Å². The summed E-state index contributed by atoms with van der Waals surface area (Å²) in [7, 11) is 0. The molecule has 1 N–H and O–H groups in total. The number of aryl methyl sites for hydroxylation is 1. The maximum Gasteiger partial charge on any atom is 0.251 e. The molecule has 0 radical (unpaired) electrons. The SMILES string of the molecule is O=C(N[C@@H]1CCc2ccccc21)c1cccc(F)c1. The van der Waals surface area contributed by atoms with E-state index in [4.69, 9.17) is 0 Å². The van der Waals surface area contributed by atoms with Gasteiger partial charge in [0.15, 0.2) is 0 Å². The summed E-state index contributed by atoms with van der Waals surface area (Å²) in [6.45, 7) is 0. The molecule has 0 saturated carbocycles. The number of benzene rings is 2. The molecule has 2 aromatic rings. The Kier molecular flexibility index (Phi) is 3.03. The zero-order valence-corrected chi connectivity index (χ0v) is 10.4. The summed E-state index contributed by atoms with van der Waals surface area (Å²) < 4.78 is 13.1. The summed E-state index contributed by atoms with van der Waals surface area (Å²) in [6.07, 6.45) is 1.88. The van der Waals surface area contributed by atoms with Crippen molar-refractivity contribution in [1.29, 1.82) is 0 Å². The molecule has 0 fully saturated rings. The Hall–Kier alpha value is -2.16. The fourth-order valence-corrected chi connectivity index (χ4v) is 2.58. The van der Waals surface area contributed by atoms with Crippen LogP contribution in [0.3, 0.4) is 0 Å². The van der Waals surface area contributed by atoms with Gasteiger partial charge in [-0.05, 0) is 42.2 Å². The average molecular weight is 255 g/mol. The molecule has 96 valence electrons. The maximum absolute atomic E-state index is 13.1. The topological polar surface area (TPSA) is 29.1 Å². The van der Waals surface area contributed by atoms with Crippen LogP contribution in [0.2, 0.25) is 0 Å². The summed E-state index contributed by atoms with van der Waals surface area (Å²) in [5.74, 6) is -0.610. The lowest BCUT2D eigenvalue weighted by atomic mass is 10.1. The molecule has 0 saturated heterocycles. The van der Waals surface area contributed by atoms with Gasteiger partial charge >= 0.3 is 0 Å². The monoisotopic (exact) mass is 255 g/mol. The predicted molar refractivity (Wildman–Crippen MR) is 71.4 cm³/mol. The highest BCUT2D eigenvalue weighted by atomic mass is 19.1. The van der Waals surface area contributed by atoms with Crippen molar-refractivity contribution in [1.82, 2.24) is 5.32 Å². The predicted octanol–water partition coefficient (Wildman–Crippen LogP) is 3.24. The largest absolute Gasteiger partial charge is 0.345 e. The molecule has 2 aromatic carbocycles. The van der Waals surface area contributed by atoms with Gasteiger partial charge in [-0.25, -0.2) is 4.39 Å². The van der Waals surface area contributed by atoms with Crippen LogP contribution in [0.5, 0.6) is 0 Å². The van der Waals surface area contributed by atoms with E-state index in [2.05, 4.69) is 11.4 Å². The van der Waals surface area contributed by atoms with Crippen molar-refractivity contribution in [3.05, 3.63) is 71.0 Å². The molecule has 0 spiro atoms. The Morgan fingerprint density at radius 3 is 2.84 bits per heavy atom. The molecule has 0 aromatic heterocycles. The van der Waals surface area contributed by atoms with Crippen molar-refractivity contribution in [2.24, 2.45) is 0 Å². The number of nitrogens with one attached hydrogen (secondary N) is 1. The lowest BCUT2D eigenvalue weighted by molar-refractivity contribution is 0.0936. The van der Waals surface area contributed by atoms with Crippen LogP contribution in [0.4, 0.5) is 4.39 Å². The van der Waals surface area contributed by atoms with Gasteiger partial charge in [0.1, 0.15) is 5.82 Å². The quantitative estimate of drug-likeness (QED) is 0.877. The normalized spacial score (nSPS) is 17.0. The van der Waals surface area contributed by atoms with E-state index in [-0.39, 0.29) is 17.8 Å². The van der Waals surface area contributed by atoms with Gasteiger partial charge in [-0.2, -0.15) is 0 Å². The maximum atomic E-state index is 13.1. The van der Waals surface area contributed by atoms with Crippen LogP contribution < -0.4 is 5.32 Å². The van der Waals surface area contributed by atoms with Crippen LogP contribution in [0.1, 0.15) is 33.9 Å². The summed E-state index contributed by atoms with van der Waals surface area (Å²) >= 11 is 0. The fourth-order valence-electron chi connectivity index (χ4n) is 2.58. The number of halogens is 1. The Morgan fingerprint density at radius 1 is 1.16 bits per heavy atom. The number of hydrogen-bond donors (Lipinski definition) is 1. The minimum atomic E-state index is -0.389. The lowest BCUT2D eigenvalue weighted by Gasteiger charge is -2.14. The third kappa shape index (κ3) is 2.36. The molecular formula is C16H14FNO. The third-order valence-electron chi connectivity index (χ3n) is 3.52. The van der Waals surface area contributed by atoms with Crippen LogP contribution >= 0.6 is 0 Å². The molecule has 19 heavy (non-hydrogen) atoms. The first-order valence-corrected chi connectivity index (χ1v) is 6.38. The van der Waals surface area contributed by atoms with Gasteiger partial charge in [-0.1, -0.05) is 30.3 Å². The first-order valence-electron chi connectivity index (χ1n) is 6.38. The number of hydrogen-bond acceptors (Lipinski definition) is 1. The van der Waals surface area contributed by atoms with Gasteiger partial charge in [0.25, 0.3) is 5.91 Å². The molecule has 3 rings (SSSR count). The Bertz CT molecular complexity index is 624. The van der Waals surface area contributed by atoms with Crippen molar-refractivity contribution in [3.63, 3.8) is 0 Å². The summed E-state index contributed by atoms with van der Waals surface area (Å²) in [6, 6.07) is 13.9. The average Bonchev–Trinajstić information content (AvgIpc) is 2.82. The first kappa shape index (κ1) is 11.9. The molecular weight excluding hydrogens is 241 g/mol. The van der Waals surface area contributed by atoms with E-state index in [0.717, 1.165) is 12.8 Å². The van der Waals surface area contributed by atoms with E-state index >= 15 is 0 Å². The fraction of sp³-hybridized carbons (Fsp3) is 0.188. The van der Waals surface area contributed by atoms with E-state index in [1.54, 1.807) is 12.1 Å². The molecule has 0 aliphatic heterocycles. The third-order valence-corrected chi connectivity index (χ3v) is 3.52. The lowest BCUT2D eigenvalue weighted by Crippen LogP contribution is -2.27. The van der Waals surface area contributed by atoms with E-state index < -0.39 is 0 Å². The Morgan fingerprint density at radius 2 is 2.00 bits per heavy atom. The van der Waals surface area contributed by atoms with Crippen molar-refractivity contribution in [2.45, 2.75) is 18.9 Å². The molecule has 1 aliphatic rings. The second kappa shape index (κ2) is 4.84. The van der Waals surface area contributed by atoms with E-state index in [1.807, 2.05) is 18.2 Å². The summed E-state index contributed by atoms with van der Waals surface area (Å²) in [5, 5.41) is 2.97. The number of amides is 1. The number of rotatable bonds is 2. The van der Waals surface area contributed by atoms with E-state index in [0.29, 0.717) is 5.56 Å². The molecule has 1 atom stereocenters. The highest BCUT2D eigenvalue weighted by molar-refractivity contribution is 5.94. The van der Waals surface area contributed by atoms with Gasteiger partial charge in [0.2, 0.25) is 0 Å². The smallest absolute Gasteiger partial charge is 0.251 e. The molecule has 0 bridgehead atoms. The van der Waals surface area contributed by atoms with Gasteiger partial charge in [0.05, 0.1) is 6.04 Å². The van der Waals surface area contributed by atoms with Crippen LogP contribution in [0.15, 0.2) is 48.5 Å². The molecule has 3 heteroatoms. The molecule has 1 aliphatic carbocycles. The summed E-state index contributed by atoms with van der Waals surface area (Å²) in [4.78, 5) is 12.1. The van der Waals surface area contributed by atoms with Crippen LogP contribution in [-0.2, 0) is 6.42 Å². The zero-order valence-electron chi connectivity index (χ0n) is 10.4. The molecule has 0 unspecified atom stereocenters. The first-order chi connectivity index (χ1) is 9.24. The second-order valence-electron chi connectivity index (χ2n) is 4.77. The van der Waals surface area contributed by atoms with E-state index in [9.17, 15) is 9.18 Å². The Balaban J connectivity index is 1.78. The highest BCUT2D eigenvalue weighted by Crippen LogP contribution is 2.30. The minimum Gasteiger partial charge on any atom is -0.345 e. The highest BCUT2D eigenvalue weighted by Gasteiger charge is 2.23. The standard InChI is InChI=1S/C16H14FNO/c17-13-6-3-5-12(10-13)16(19)18-15-9-8-11-4-1-2-7-14(11)15/h1-7,10,15H,8-9H2,(H,18,19)/t15-/m1/s1. The van der Waals surface area contributed by atoms with Gasteiger partial charge < -0.3 is 5.32 Å². The van der Waals surface area contributed by atoms with E-state index in [1.165, 1.54) is 23.3 Å². The number of carbonyl (C=O) groups excluding carboxylic acids is 1. The molecule has 1 amide bonds. The summed E-state index contributed by atoms with van der Waals surface area (Å²) in [5.41, 5.74) is 2.82. The van der Waals surface area contributed by atoms with Gasteiger partial charge in [-0.3, -0.25) is 4.79 Å². The van der Waals surface area contributed by atoms with Crippen LogP contribution in [0.25, 0.3) is 0 Å². The zero-order chi connectivity index (χ0) is 13.2. The number of carbonyl (C=O) groups is 1. The minimum absolute atomic E-state index is 0.0342. The Labute approximate surface area is 111 Å². The van der Waals surface area contributed by atoms with Crippen LogP contribution in [0, 0.1) is 5.82 Å². The number of fused-ring (bicyclic) bond motifs is 1. The van der Waals surface area contributed by atoms with Crippen molar-refractivity contribution in [2.75, 3.05) is 0 Å². The van der Waals surface area contributed by atoms with Gasteiger partial charge in [0, 0.05) is 5.56 Å².